The van der Waals surface area contributed by atoms with Crippen LogP contribution in [0.1, 0.15) is 20.8 Å². The molecule has 0 rings (SSSR count). The summed E-state index contributed by atoms with van der Waals surface area (Å²) in [7, 11) is 1.81. The molecule has 0 spiro atoms. The van der Waals surface area contributed by atoms with Crippen LogP contribution in [0.25, 0.3) is 0 Å². The van der Waals surface area contributed by atoms with Gasteiger partial charge in [0.05, 0.1) is 6.04 Å². The Balaban J connectivity index is 4.23. The van der Waals surface area contributed by atoms with Crippen LogP contribution in [0.4, 0.5) is 0 Å². The van der Waals surface area contributed by atoms with Crippen molar-refractivity contribution in [2.24, 2.45) is 5.92 Å². The van der Waals surface area contributed by atoms with Gasteiger partial charge in [0.15, 0.2) is 0 Å². The van der Waals surface area contributed by atoms with Crippen LogP contribution < -0.4 is 10.6 Å². The first kappa shape index (κ1) is 11.0. The molecular weight excluding hydrogens is 152 g/mol. The molecule has 0 saturated carbocycles. The van der Waals surface area contributed by atoms with E-state index in [0.29, 0.717) is 5.92 Å². The van der Waals surface area contributed by atoms with Crippen molar-refractivity contribution in [1.82, 2.24) is 10.6 Å². The van der Waals surface area contributed by atoms with E-state index >= 15 is 0 Å². The van der Waals surface area contributed by atoms with E-state index in [1.165, 1.54) is 6.92 Å². The van der Waals surface area contributed by atoms with E-state index in [0.717, 1.165) is 5.70 Å². The van der Waals surface area contributed by atoms with Crippen LogP contribution in [-0.4, -0.2) is 19.0 Å². The summed E-state index contributed by atoms with van der Waals surface area (Å²) >= 11 is 0. The maximum absolute atomic E-state index is 10.8. The minimum absolute atomic E-state index is 0.0208. The summed E-state index contributed by atoms with van der Waals surface area (Å²) in [4.78, 5) is 10.8. The van der Waals surface area contributed by atoms with E-state index in [1.807, 2.05) is 13.8 Å². The van der Waals surface area contributed by atoms with Gasteiger partial charge in [-0.2, -0.15) is 0 Å². The molecule has 12 heavy (non-hydrogen) atoms. The molecule has 0 heterocycles. The van der Waals surface area contributed by atoms with Gasteiger partial charge in [-0.1, -0.05) is 20.4 Å². The molecule has 0 aliphatic heterocycles. The second-order valence-corrected chi connectivity index (χ2v) is 3.20. The van der Waals surface area contributed by atoms with Crippen LogP contribution in [0.15, 0.2) is 12.3 Å². The Morgan fingerprint density at radius 1 is 1.42 bits per heavy atom. The van der Waals surface area contributed by atoms with E-state index in [-0.39, 0.29) is 11.9 Å². The van der Waals surface area contributed by atoms with Crippen molar-refractivity contribution in [3.8, 4) is 0 Å². The molecule has 0 radical (unpaired) electrons. The topological polar surface area (TPSA) is 41.1 Å². The third-order valence-corrected chi connectivity index (χ3v) is 1.72. The number of amides is 1. The number of likely N-dealkylation sites (N-methyl/N-ethyl adjacent to an activating group) is 1. The van der Waals surface area contributed by atoms with Crippen molar-refractivity contribution in [3.63, 3.8) is 0 Å². The Bertz CT molecular complexity index is 175. The highest BCUT2D eigenvalue weighted by molar-refractivity contribution is 5.73. The lowest BCUT2D eigenvalue weighted by molar-refractivity contribution is -0.119. The number of hydrogen-bond donors (Lipinski definition) is 2. The molecule has 0 aliphatic carbocycles. The maximum Gasteiger partial charge on any atom is 0.217 e. The predicted molar refractivity (Wildman–Crippen MR) is 50.6 cm³/mol. The first-order chi connectivity index (χ1) is 5.49. The Kier molecular flexibility index (Phi) is 4.40. The van der Waals surface area contributed by atoms with Crippen LogP contribution in [0, 0.1) is 5.92 Å². The summed E-state index contributed by atoms with van der Waals surface area (Å²) in [6, 6.07) is 0.0208. The minimum Gasteiger partial charge on any atom is -0.390 e. The highest BCUT2D eigenvalue weighted by atomic mass is 16.1. The van der Waals surface area contributed by atoms with Crippen LogP contribution >= 0.6 is 0 Å². The van der Waals surface area contributed by atoms with Gasteiger partial charge >= 0.3 is 0 Å². The quantitative estimate of drug-likeness (QED) is 0.657. The van der Waals surface area contributed by atoms with Gasteiger partial charge in [-0.25, -0.2) is 0 Å². The zero-order valence-corrected chi connectivity index (χ0v) is 8.27. The van der Waals surface area contributed by atoms with Crippen molar-refractivity contribution >= 4 is 5.91 Å². The third kappa shape index (κ3) is 3.42. The Morgan fingerprint density at radius 2 is 1.92 bits per heavy atom. The molecule has 70 valence electrons. The Hall–Kier alpha value is -0.990. The SMILES string of the molecule is C=C(NC)[C@@H](NC(C)=O)C(C)C. The predicted octanol–water partition coefficient (Wildman–Crippen LogP) is 0.880. The fourth-order valence-electron chi connectivity index (χ4n) is 1.03. The second kappa shape index (κ2) is 4.80. The number of carbonyl (C=O) groups excluding carboxylic acids is 1. The van der Waals surface area contributed by atoms with Gasteiger partial charge in [-0.15, -0.1) is 0 Å². The fourth-order valence-corrected chi connectivity index (χ4v) is 1.03. The van der Waals surface area contributed by atoms with Crippen LogP contribution in [0.2, 0.25) is 0 Å². The molecule has 1 atom stereocenters. The summed E-state index contributed by atoms with van der Waals surface area (Å²) in [5.74, 6) is 0.332. The largest absolute Gasteiger partial charge is 0.390 e. The number of hydrogen-bond acceptors (Lipinski definition) is 2. The Labute approximate surface area is 74.2 Å². The molecular formula is C9H18N2O. The van der Waals surface area contributed by atoms with Crippen molar-refractivity contribution in [2.45, 2.75) is 26.8 Å². The molecule has 0 bridgehead atoms. The molecule has 0 saturated heterocycles. The van der Waals surface area contributed by atoms with Crippen molar-refractivity contribution in [1.29, 1.82) is 0 Å². The lowest BCUT2D eigenvalue weighted by Gasteiger charge is -2.23. The van der Waals surface area contributed by atoms with Gasteiger partial charge in [-0.3, -0.25) is 4.79 Å². The molecule has 0 unspecified atom stereocenters. The summed E-state index contributed by atoms with van der Waals surface area (Å²) in [5, 5.41) is 5.77. The molecule has 3 heteroatoms. The molecule has 0 aromatic carbocycles. The molecule has 0 aliphatic rings. The average Bonchev–Trinajstić information content (AvgIpc) is 1.98. The van der Waals surface area contributed by atoms with E-state index in [4.69, 9.17) is 0 Å². The summed E-state index contributed by atoms with van der Waals surface area (Å²) in [5.41, 5.74) is 0.847. The van der Waals surface area contributed by atoms with Crippen LogP contribution in [-0.2, 0) is 4.79 Å². The van der Waals surface area contributed by atoms with Crippen molar-refractivity contribution < 1.29 is 4.79 Å². The molecule has 1 amide bonds. The average molecular weight is 170 g/mol. The zero-order chi connectivity index (χ0) is 9.72. The smallest absolute Gasteiger partial charge is 0.217 e. The standard InChI is InChI=1S/C9H18N2O/c1-6(2)9(7(3)10-5)11-8(4)12/h6,9-10H,3H2,1-2,4-5H3,(H,11,12)/t9-/m0/s1. The molecule has 3 nitrogen and oxygen atoms in total. The van der Waals surface area contributed by atoms with Crippen LogP contribution in [0.3, 0.4) is 0 Å². The second-order valence-electron chi connectivity index (χ2n) is 3.20. The van der Waals surface area contributed by atoms with Gasteiger partial charge in [0.25, 0.3) is 0 Å². The van der Waals surface area contributed by atoms with Gasteiger partial charge in [0.2, 0.25) is 5.91 Å². The number of carbonyl (C=O) groups is 1. The first-order valence-electron chi connectivity index (χ1n) is 4.12. The molecule has 0 aromatic heterocycles. The number of rotatable bonds is 4. The number of nitrogens with one attached hydrogen (secondary N) is 2. The van der Waals surface area contributed by atoms with Crippen molar-refractivity contribution in [2.75, 3.05) is 7.05 Å². The van der Waals surface area contributed by atoms with E-state index in [2.05, 4.69) is 17.2 Å². The molecule has 2 N–H and O–H groups in total. The van der Waals surface area contributed by atoms with Gasteiger partial charge in [-0.05, 0) is 5.92 Å². The van der Waals surface area contributed by atoms with E-state index in [1.54, 1.807) is 7.05 Å². The molecule has 0 aromatic rings. The summed E-state index contributed by atoms with van der Waals surface area (Å²) in [6.07, 6.45) is 0. The summed E-state index contributed by atoms with van der Waals surface area (Å²) in [6.45, 7) is 9.42. The normalized spacial score (nSPS) is 12.4. The third-order valence-electron chi connectivity index (χ3n) is 1.72. The Morgan fingerprint density at radius 3 is 2.17 bits per heavy atom. The van der Waals surface area contributed by atoms with Gasteiger partial charge in [0, 0.05) is 19.7 Å². The zero-order valence-electron chi connectivity index (χ0n) is 8.27. The van der Waals surface area contributed by atoms with Crippen LogP contribution in [0.5, 0.6) is 0 Å². The van der Waals surface area contributed by atoms with Gasteiger partial charge in [0.1, 0.15) is 0 Å². The summed E-state index contributed by atoms with van der Waals surface area (Å²) < 4.78 is 0. The lowest BCUT2D eigenvalue weighted by Crippen LogP contribution is -2.41. The highest BCUT2D eigenvalue weighted by Crippen LogP contribution is 2.07. The fraction of sp³-hybridized carbons (Fsp3) is 0.667. The first-order valence-corrected chi connectivity index (χ1v) is 4.12. The van der Waals surface area contributed by atoms with Gasteiger partial charge < -0.3 is 10.6 Å². The maximum atomic E-state index is 10.8. The minimum atomic E-state index is -0.0231. The lowest BCUT2D eigenvalue weighted by atomic mass is 10.0. The van der Waals surface area contributed by atoms with Crippen molar-refractivity contribution in [3.05, 3.63) is 12.3 Å². The highest BCUT2D eigenvalue weighted by Gasteiger charge is 2.16. The van der Waals surface area contributed by atoms with E-state index < -0.39 is 0 Å². The van der Waals surface area contributed by atoms with E-state index in [9.17, 15) is 4.79 Å². The monoisotopic (exact) mass is 170 g/mol. The molecule has 0 fully saturated rings.